The zero-order chi connectivity index (χ0) is 17.7. The van der Waals surface area contributed by atoms with Gasteiger partial charge in [-0.3, -0.25) is 4.79 Å². The van der Waals surface area contributed by atoms with Gasteiger partial charge < -0.3 is 14.8 Å². The molecule has 1 atom stereocenters. The lowest BCUT2D eigenvalue weighted by molar-refractivity contribution is -0.116. The zero-order valence-electron chi connectivity index (χ0n) is 13.5. The van der Waals surface area contributed by atoms with Crippen LogP contribution in [0, 0.1) is 0 Å². The van der Waals surface area contributed by atoms with E-state index in [0.717, 1.165) is 0 Å². The van der Waals surface area contributed by atoms with Gasteiger partial charge >= 0.3 is 0 Å². The molecule has 1 aromatic rings. The highest BCUT2D eigenvalue weighted by Crippen LogP contribution is 2.36. The van der Waals surface area contributed by atoms with Crippen LogP contribution in [0.5, 0.6) is 11.5 Å². The minimum absolute atomic E-state index is 0.00453. The van der Waals surface area contributed by atoms with E-state index in [9.17, 15) is 13.2 Å². The first kappa shape index (κ1) is 18.6. The molecule has 0 spiro atoms. The first-order valence-electron chi connectivity index (χ1n) is 7.54. The van der Waals surface area contributed by atoms with E-state index < -0.39 is 9.84 Å². The van der Waals surface area contributed by atoms with Gasteiger partial charge in [0.25, 0.3) is 0 Å². The molecule has 1 unspecified atom stereocenters. The topological polar surface area (TPSA) is 81.7 Å². The summed E-state index contributed by atoms with van der Waals surface area (Å²) >= 11 is 6.15. The fourth-order valence-electron chi connectivity index (χ4n) is 2.48. The molecule has 1 N–H and O–H groups in total. The molecule has 0 saturated carbocycles. The number of hydrogen-bond donors (Lipinski definition) is 1. The Hall–Kier alpha value is -1.73. The molecule has 0 aliphatic carbocycles. The number of methoxy groups -OCH3 is 1. The first-order chi connectivity index (χ1) is 11.3. The van der Waals surface area contributed by atoms with Gasteiger partial charge in [0.15, 0.2) is 21.3 Å². The summed E-state index contributed by atoms with van der Waals surface area (Å²) in [6.45, 7) is 2.30. The van der Waals surface area contributed by atoms with E-state index in [4.69, 9.17) is 21.1 Å². The van der Waals surface area contributed by atoms with E-state index in [2.05, 4.69) is 5.32 Å². The fourth-order valence-corrected chi connectivity index (χ4v) is 4.44. The molecule has 24 heavy (non-hydrogen) atoms. The van der Waals surface area contributed by atoms with Gasteiger partial charge in [-0.25, -0.2) is 8.42 Å². The van der Waals surface area contributed by atoms with E-state index in [0.29, 0.717) is 35.1 Å². The van der Waals surface area contributed by atoms with Crippen molar-refractivity contribution in [3.05, 3.63) is 28.8 Å². The van der Waals surface area contributed by atoms with Crippen LogP contribution in [0.15, 0.2) is 18.2 Å². The average Bonchev–Trinajstić information content (AvgIpc) is 2.84. The molecule has 1 amide bonds. The van der Waals surface area contributed by atoms with Crippen molar-refractivity contribution >= 4 is 33.4 Å². The van der Waals surface area contributed by atoms with E-state index >= 15 is 0 Å². The van der Waals surface area contributed by atoms with Crippen molar-refractivity contribution in [3.8, 4) is 11.5 Å². The predicted molar refractivity (Wildman–Crippen MR) is 93.4 cm³/mol. The number of carbonyl (C=O) groups excluding carboxylic acids is 1. The number of hydrogen-bond acceptors (Lipinski definition) is 5. The van der Waals surface area contributed by atoms with Gasteiger partial charge in [0.1, 0.15) is 0 Å². The molecule has 1 heterocycles. The van der Waals surface area contributed by atoms with Gasteiger partial charge in [0.05, 0.1) is 30.2 Å². The van der Waals surface area contributed by atoms with Crippen LogP contribution in [0.4, 0.5) is 0 Å². The highest BCUT2D eigenvalue weighted by atomic mass is 35.5. The number of amides is 1. The molecule has 0 bridgehead atoms. The Labute approximate surface area is 146 Å². The lowest BCUT2D eigenvalue weighted by Crippen LogP contribution is -2.34. The standard InChI is InChI=1S/C16H20ClNO5S/c1-3-23-14-9-11(8-13(17)16(14)22-2)4-5-15(19)18-12-6-7-24(20,21)10-12/h4-5,8-9,12H,3,6-7,10H2,1-2H3,(H,18,19). The van der Waals surface area contributed by atoms with Crippen LogP contribution in [0.2, 0.25) is 5.02 Å². The lowest BCUT2D eigenvalue weighted by atomic mass is 10.1. The average molecular weight is 374 g/mol. The number of ether oxygens (including phenoxy) is 2. The van der Waals surface area contributed by atoms with Crippen LogP contribution in [-0.2, 0) is 14.6 Å². The number of sulfone groups is 1. The minimum atomic E-state index is -3.02. The minimum Gasteiger partial charge on any atom is -0.491 e. The summed E-state index contributed by atoms with van der Waals surface area (Å²) in [6.07, 6.45) is 3.39. The Morgan fingerprint density at radius 3 is 2.79 bits per heavy atom. The monoisotopic (exact) mass is 373 g/mol. The maximum atomic E-state index is 11.9. The third-order valence-corrected chi connectivity index (χ3v) is 5.59. The Kier molecular flexibility index (Phi) is 6.12. The van der Waals surface area contributed by atoms with Crippen LogP contribution >= 0.6 is 11.6 Å². The van der Waals surface area contributed by atoms with Crippen molar-refractivity contribution < 1.29 is 22.7 Å². The molecule has 1 saturated heterocycles. The van der Waals surface area contributed by atoms with Gasteiger partial charge in [0.2, 0.25) is 5.91 Å². The molecular weight excluding hydrogens is 354 g/mol. The highest BCUT2D eigenvalue weighted by Gasteiger charge is 2.28. The van der Waals surface area contributed by atoms with Crippen molar-refractivity contribution in [1.29, 1.82) is 0 Å². The second kappa shape index (κ2) is 7.90. The molecule has 0 radical (unpaired) electrons. The summed E-state index contributed by atoms with van der Waals surface area (Å²) in [7, 11) is -1.52. The third kappa shape index (κ3) is 4.88. The van der Waals surface area contributed by atoms with Crippen LogP contribution in [-0.4, -0.2) is 45.6 Å². The molecule has 1 aromatic carbocycles. The molecule has 1 aliphatic rings. The van der Waals surface area contributed by atoms with Crippen molar-refractivity contribution in [3.63, 3.8) is 0 Å². The molecule has 1 aliphatic heterocycles. The Balaban J connectivity index is 2.07. The lowest BCUT2D eigenvalue weighted by Gasteiger charge is -2.12. The summed E-state index contributed by atoms with van der Waals surface area (Å²) in [5.41, 5.74) is 0.679. The Morgan fingerprint density at radius 2 is 2.21 bits per heavy atom. The van der Waals surface area contributed by atoms with Crippen molar-refractivity contribution in [1.82, 2.24) is 5.32 Å². The van der Waals surface area contributed by atoms with Gasteiger partial charge in [-0.1, -0.05) is 11.6 Å². The molecule has 6 nitrogen and oxygen atoms in total. The predicted octanol–water partition coefficient (Wildman–Crippen LogP) is 2.06. The van der Waals surface area contributed by atoms with Crippen LogP contribution in [0.1, 0.15) is 18.9 Å². The normalized spacial score (nSPS) is 19.4. The second-order valence-electron chi connectivity index (χ2n) is 5.41. The van der Waals surface area contributed by atoms with Crippen molar-refractivity contribution in [2.75, 3.05) is 25.2 Å². The van der Waals surface area contributed by atoms with Gasteiger partial charge in [0, 0.05) is 12.1 Å². The van der Waals surface area contributed by atoms with Gasteiger partial charge in [-0.05, 0) is 37.1 Å². The van der Waals surface area contributed by atoms with E-state index in [1.165, 1.54) is 13.2 Å². The number of benzene rings is 1. The number of halogens is 1. The maximum absolute atomic E-state index is 11.9. The number of carbonyl (C=O) groups is 1. The number of nitrogens with one attached hydrogen (secondary N) is 1. The summed E-state index contributed by atoms with van der Waals surface area (Å²) < 4.78 is 33.5. The largest absolute Gasteiger partial charge is 0.491 e. The highest BCUT2D eigenvalue weighted by molar-refractivity contribution is 7.91. The van der Waals surface area contributed by atoms with Crippen LogP contribution < -0.4 is 14.8 Å². The van der Waals surface area contributed by atoms with Crippen molar-refractivity contribution in [2.24, 2.45) is 0 Å². The number of rotatable bonds is 6. The molecule has 1 fully saturated rings. The zero-order valence-corrected chi connectivity index (χ0v) is 15.1. The summed E-state index contributed by atoms with van der Waals surface area (Å²) in [4.78, 5) is 11.9. The Morgan fingerprint density at radius 1 is 1.46 bits per heavy atom. The summed E-state index contributed by atoms with van der Waals surface area (Å²) in [5.74, 6) is 0.704. The van der Waals surface area contributed by atoms with Gasteiger partial charge in [-0.15, -0.1) is 0 Å². The molecule has 0 aromatic heterocycles. The first-order valence-corrected chi connectivity index (χ1v) is 9.74. The SMILES string of the molecule is CCOc1cc(C=CC(=O)NC2CCS(=O)(=O)C2)cc(Cl)c1OC. The van der Waals surface area contributed by atoms with Crippen LogP contribution in [0.25, 0.3) is 6.08 Å². The summed E-state index contributed by atoms with van der Waals surface area (Å²) in [5, 5.41) is 3.07. The molecular formula is C16H20ClNO5S. The maximum Gasteiger partial charge on any atom is 0.244 e. The summed E-state index contributed by atoms with van der Waals surface area (Å²) in [6, 6.07) is 3.05. The Bertz CT molecular complexity index is 745. The smallest absolute Gasteiger partial charge is 0.244 e. The van der Waals surface area contributed by atoms with Crippen LogP contribution in [0.3, 0.4) is 0 Å². The van der Waals surface area contributed by atoms with E-state index in [-0.39, 0.29) is 23.5 Å². The van der Waals surface area contributed by atoms with E-state index in [1.807, 2.05) is 6.92 Å². The van der Waals surface area contributed by atoms with Gasteiger partial charge in [-0.2, -0.15) is 0 Å². The quantitative estimate of drug-likeness (QED) is 0.772. The fraction of sp³-hybridized carbons (Fsp3) is 0.438. The third-order valence-electron chi connectivity index (χ3n) is 3.54. The molecule has 8 heteroatoms. The molecule has 2 rings (SSSR count). The molecule has 132 valence electrons. The second-order valence-corrected chi connectivity index (χ2v) is 8.04. The van der Waals surface area contributed by atoms with E-state index in [1.54, 1.807) is 18.2 Å². The van der Waals surface area contributed by atoms with Crippen molar-refractivity contribution in [2.45, 2.75) is 19.4 Å².